The summed E-state index contributed by atoms with van der Waals surface area (Å²) in [5, 5.41) is 4.83. The molecule has 1 aliphatic carbocycles. The van der Waals surface area contributed by atoms with Gasteiger partial charge in [-0.05, 0) is 45.7 Å². The summed E-state index contributed by atoms with van der Waals surface area (Å²) in [6.45, 7) is 7.83. The number of rotatable bonds is 2. The summed E-state index contributed by atoms with van der Waals surface area (Å²) in [6, 6.07) is 4.04. The number of aromatic nitrogens is 3. The lowest BCUT2D eigenvalue weighted by Crippen LogP contribution is -2.30. The molecule has 0 unspecified atom stereocenters. The molecule has 1 fully saturated rings. The van der Waals surface area contributed by atoms with Crippen LogP contribution in [0.25, 0.3) is 5.82 Å². The number of hydrogen-bond acceptors (Lipinski definition) is 2. The molecule has 0 N–H and O–H groups in total. The van der Waals surface area contributed by atoms with Gasteiger partial charge in [0.1, 0.15) is 5.82 Å². The van der Waals surface area contributed by atoms with E-state index in [1.165, 1.54) is 5.56 Å². The third kappa shape index (κ3) is 2.07. The minimum atomic E-state index is -0.0880. The molecule has 5 nitrogen and oxygen atoms in total. The van der Waals surface area contributed by atoms with Gasteiger partial charge in [0.25, 0.3) is 0 Å². The molecule has 0 radical (unpaired) electrons. The number of amides is 1. The number of carbonyl (C=O) groups is 1. The van der Waals surface area contributed by atoms with Gasteiger partial charge in [0, 0.05) is 23.9 Å². The molecule has 22 heavy (non-hydrogen) atoms. The SMILES string of the molecule is CC(C)(C)n1nc2c(c1-n1cccc1)CN(C(=O)C1CC1)C2. The number of carbonyl (C=O) groups excluding carboxylic acids is 1. The number of hydrogen-bond donors (Lipinski definition) is 0. The Kier molecular flexibility index (Phi) is 2.77. The molecule has 0 bridgehead atoms. The Bertz CT molecular complexity index is 717. The zero-order chi connectivity index (χ0) is 15.5. The molecular weight excluding hydrogens is 276 g/mol. The van der Waals surface area contributed by atoms with Crippen LogP contribution in [0.2, 0.25) is 0 Å². The van der Waals surface area contributed by atoms with E-state index in [4.69, 9.17) is 5.10 Å². The Hall–Kier alpha value is -2.04. The van der Waals surface area contributed by atoms with Crippen molar-refractivity contribution in [3.63, 3.8) is 0 Å². The molecule has 1 aliphatic heterocycles. The highest BCUT2D eigenvalue weighted by Crippen LogP contribution is 2.36. The predicted octanol–water partition coefficient (Wildman–Crippen LogP) is 2.68. The van der Waals surface area contributed by atoms with Crippen LogP contribution in [-0.4, -0.2) is 25.2 Å². The van der Waals surface area contributed by atoms with Gasteiger partial charge < -0.3 is 9.47 Å². The quantitative estimate of drug-likeness (QED) is 0.855. The van der Waals surface area contributed by atoms with E-state index in [1.54, 1.807) is 0 Å². The molecule has 0 saturated heterocycles. The van der Waals surface area contributed by atoms with Gasteiger partial charge in [-0.25, -0.2) is 4.68 Å². The van der Waals surface area contributed by atoms with Crippen molar-refractivity contribution < 1.29 is 4.79 Å². The van der Waals surface area contributed by atoms with Gasteiger partial charge in [-0.15, -0.1) is 0 Å². The Balaban J connectivity index is 1.75. The van der Waals surface area contributed by atoms with E-state index in [0.29, 0.717) is 19.0 Å². The molecule has 116 valence electrons. The largest absolute Gasteiger partial charge is 0.332 e. The average Bonchev–Trinajstić information content (AvgIpc) is 2.86. The van der Waals surface area contributed by atoms with Gasteiger partial charge in [0.2, 0.25) is 5.91 Å². The van der Waals surface area contributed by atoms with E-state index in [9.17, 15) is 4.79 Å². The first-order valence-corrected chi connectivity index (χ1v) is 7.98. The Labute approximate surface area is 130 Å². The summed E-state index contributed by atoms with van der Waals surface area (Å²) in [6.07, 6.45) is 6.20. The molecule has 0 spiro atoms. The van der Waals surface area contributed by atoms with Crippen LogP contribution < -0.4 is 0 Å². The summed E-state index contributed by atoms with van der Waals surface area (Å²) >= 11 is 0. The fraction of sp³-hybridized carbons (Fsp3) is 0.529. The maximum absolute atomic E-state index is 12.3. The van der Waals surface area contributed by atoms with E-state index >= 15 is 0 Å². The lowest BCUT2D eigenvalue weighted by atomic mass is 10.1. The van der Waals surface area contributed by atoms with Crippen molar-refractivity contribution >= 4 is 5.91 Å². The van der Waals surface area contributed by atoms with E-state index in [1.807, 2.05) is 29.4 Å². The molecule has 2 aromatic heterocycles. The highest BCUT2D eigenvalue weighted by Gasteiger charge is 2.39. The van der Waals surface area contributed by atoms with Crippen LogP contribution in [0.5, 0.6) is 0 Å². The lowest BCUT2D eigenvalue weighted by Gasteiger charge is -2.24. The van der Waals surface area contributed by atoms with Crippen molar-refractivity contribution in [3.05, 3.63) is 35.8 Å². The fourth-order valence-corrected chi connectivity index (χ4v) is 3.15. The molecule has 1 amide bonds. The Morgan fingerprint density at radius 2 is 1.86 bits per heavy atom. The number of nitrogens with zero attached hydrogens (tertiary/aromatic N) is 4. The zero-order valence-corrected chi connectivity index (χ0v) is 13.4. The third-order valence-electron chi connectivity index (χ3n) is 4.45. The maximum Gasteiger partial charge on any atom is 0.226 e. The molecule has 1 saturated carbocycles. The van der Waals surface area contributed by atoms with Crippen LogP contribution >= 0.6 is 0 Å². The zero-order valence-electron chi connectivity index (χ0n) is 13.4. The monoisotopic (exact) mass is 298 g/mol. The topological polar surface area (TPSA) is 43.1 Å². The second-order valence-electron chi connectivity index (χ2n) is 7.39. The summed E-state index contributed by atoms with van der Waals surface area (Å²) in [5.74, 6) is 1.67. The van der Waals surface area contributed by atoms with Gasteiger partial charge in [-0.2, -0.15) is 5.10 Å². The van der Waals surface area contributed by atoms with E-state index in [2.05, 4.69) is 30.0 Å². The summed E-state index contributed by atoms with van der Waals surface area (Å²) in [4.78, 5) is 14.3. The van der Waals surface area contributed by atoms with Crippen molar-refractivity contribution in [2.75, 3.05) is 0 Å². The Morgan fingerprint density at radius 3 is 2.45 bits per heavy atom. The van der Waals surface area contributed by atoms with Crippen molar-refractivity contribution in [1.29, 1.82) is 0 Å². The minimum absolute atomic E-state index is 0.0880. The third-order valence-corrected chi connectivity index (χ3v) is 4.45. The standard InChI is InChI=1S/C17H22N4O/c1-17(2,3)21-15(19-8-4-5-9-19)13-10-20(11-14(13)18-21)16(22)12-6-7-12/h4-5,8-9,12H,6-7,10-11H2,1-3H3. The van der Waals surface area contributed by atoms with Crippen LogP contribution in [0.15, 0.2) is 24.5 Å². The molecule has 3 heterocycles. The molecule has 2 aromatic rings. The average molecular weight is 298 g/mol. The van der Waals surface area contributed by atoms with Crippen LogP contribution in [0.4, 0.5) is 0 Å². The van der Waals surface area contributed by atoms with Crippen LogP contribution in [0, 0.1) is 5.92 Å². The lowest BCUT2D eigenvalue weighted by molar-refractivity contribution is -0.133. The van der Waals surface area contributed by atoms with E-state index in [-0.39, 0.29) is 11.5 Å². The highest BCUT2D eigenvalue weighted by atomic mass is 16.2. The van der Waals surface area contributed by atoms with Crippen LogP contribution in [0.1, 0.15) is 44.9 Å². The van der Waals surface area contributed by atoms with Gasteiger partial charge >= 0.3 is 0 Å². The first-order chi connectivity index (χ1) is 10.4. The Morgan fingerprint density at radius 1 is 1.18 bits per heavy atom. The molecule has 4 rings (SSSR count). The molecular formula is C17H22N4O. The minimum Gasteiger partial charge on any atom is -0.332 e. The van der Waals surface area contributed by atoms with Crippen LogP contribution in [-0.2, 0) is 23.4 Å². The van der Waals surface area contributed by atoms with E-state index < -0.39 is 0 Å². The van der Waals surface area contributed by atoms with Gasteiger partial charge in [0.15, 0.2) is 0 Å². The van der Waals surface area contributed by atoms with Gasteiger partial charge in [-0.3, -0.25) is 4.79 Å². The maximum atomic E-state index is 12.3. The number of fused-ring (bicyclic) bond motifs is 1. The normalized spacial score (nSPS) is 17.9. The molecule has 0 atom stereocenters. The predicted molar refractivity (Wildman–Crippen MR) is 83.5 cm³/mol. The molecule has 5 heteroatoms. The first-order valence-electron chi connectivity index (χ1n) is 7.98. The second kappa shape index (κ2) is 4.48. The van der Waals surface area contributed by atoms with Crippen molar-refractivity contribution in [3.8, 4) is 5.82 Å². The van der Waals surface area contributed by atoms with Crippen molar-refractivity contribution in [2.24, 2.45) is 5.92 Å². The van der Waals surface area contributed by atoms with E-state index in [0.717, 1.165) is 24.4 Å². The van der Waals surface area contributed by atoms with Crippen molar-refractivity contribution in [1.82, 2.24) is 19.2 Å². The van der Waals surface area contributed by atoms with Gasteiger partial charge in [0.05, 0.1) is 24.3 Å². The summed E-state index contributed by atoms with van der Waals surface area (Å²) in [7, 11) is 0. The smallest absolute Gasteiger partial charge is 0.226 e. The summed E-state index contributed by atoms with van der Waals surface area (Å²) < 4.78 is 4.21. The highest BCUT2D eigenvalue weighted by molar-refractivity contribution is 5.81. The first kappa shape index (κ1) is 13.6. The molecule has 2 aliphatic rings. The van der Waals surface area contributed by atoms with Crippen molar-refractivity contribution in [2.45, 2.75) is 52.2 Å². The van der Waals surface area contributed by atoms with Gasteiger partial charge in [-0.1, -0.05) is 0 Å². The fourth-order valence-electron chi connectivity index (χ4n) is 3.15. The summed E-state index contributed by atoms with van der Waals surface area (Å²) in [5.41, 5.74) is 2.16. The van der Waals surface area contributed by atoms with Crippen LogP contribution in [0.3, 0.4) is 0 Å². The second-order valence-corrected chi connectivity index (χ2v) is 7.39. The molecule has 0 aromatic carbocycles.